The van der Waals surface area contributed by atoms with Crippen molar-refractivity contribution >= 4 is 23.7 Å². The van der Waals surface area contributed by atoms with Crippen LogP contribution in [0.3, 0.4) is 0 Å². The van der Waals surface area contributed by atoms with Gasteiger partial charge in [0.15, 0.2) is 0 Å². The molecule has 1 aromatic rings. The summed E-state index contributed by atoms with van der Waals surface area (Å²) < 4.78 is 15.9. The summed E-state index contributed by atoms with van der Waals surface area (Å²) in [6.07, 6.45) is -0.0306. The number of hydrogen-bond donors (Lipinski definition) is 3. The van der Waals surface area contributed by atoms with Crippen molar-refractivity contribution in [2.45, 2.75) is 71.6 Å². The van der Waals surface area contributed by atoms with Gasteiger partial charge in [-0.15, -0.1) is 0 Å². The van der Waals surface area contributed by atoms with Crippen molar-refractivity contribution < 1.29 is 28.6 Å². The molecular weight excluding hydrogens is 402 g/mol. The Balaban J connectivity index is 2.33. The van der Waals surface area contributed by atoms with Gasteiger partial charge in [-0.25, -0.2) is 4.79 Å². The molecule has 0 aliphatic carbocycles. The van der Waals surface area contributed by atoms with Crippen LogP contribution < -0.4 is 21.1 Å². The number of nitrogens with two attached hydrogens (primary N) is 1. The normalized spacial score (nSPS) is 12.5. The largest absolute Gasteiger partial charge is 0.494 e. The molecule has 174 valence electrons. The molecule has 0 radical (unpaired) electrons. The van der Waals surface area contributed by atoms with Crippen LogP contribution in [0.5, 0.6) is 5.75 Å². The third kappa shape index (κ3) is 12.5. The number of esters is 1. The summed E-state index contributed by atoms with van der Waals surface area (Å²) in [5.74, 6) is -0.381. The maximum Gasteiger partial charge on any atom is 0.407 e. The second-order valence-electron chi connectivity index (χ2n) is 9.05. The first-order chi connectivity index (χ1) is 14.2. The van der Waals surface area contributed by atoms with Gasteiger partial charge in [-0.2, -0.15) is 0 Å². The summed E-state index contributed by atoms with van der Waals surface area (Å²) in [7, 11) is 0. The zero-order valence-corrected chi connectivity index (χ0v) is 19.2. The van der Waals surface area contributed by atoms with Crippen LogP contribution in [-0.4, -0.2) is 48.4 Å². The predicted octanol–water partition coefficient (Wildman–Crippen LogP) is 2.98. The minimum absolute atomic E-state index is 0.183. The first-order valence-electron chi connectivity index (χ1n) is 10.2. The van der Waals surface area contributed by atoms with Crippen LogP contribution in [0, 0.1) is 0 Å². The van der Waals surface area contributed by atoms with E-state index < -0.39 is 29.3 Å². The first-order valence-corrected chi connectivity index (χ1v) is 10.2. The minimum Gasteiger partial charge on any atom is -0.494 e. The lowest BCUT2D eigenvalue weighted by Gasteiger charge is -2.22. The number of alkyl carbamates (subject to hydrolysis) is 1. The van der Waals surface area contributed by atoms with Crippen molar-refractivity contribution in [2.75, 3.05) is 18.5 Å². The molecule has 4 N–H and O–H groups in total. The van der Waals surface area contributed by atoms with E-state index in [2.05, 4.69) is 10.6 Å². The number of carbonyl (C=O) groups excluding carboxylic acids is 3. The molecule has 0 heterocycles. The van der Waals surface area contributed by atoms with Gasteiger partial charge in [0.05, 0.1) is 13.0 Å². The molecule has 9 heteroatoms. The van der Waals surface area contributed by atoms with Gasteiger partial charge in [0, 0.05) is 12.2 Å². The monoisotopic (exact) mass is 437 g/mol. The summed E-state index contributed by atoms with van der Waals surface area (Å²) in [6.45, 7) is 11.5. The van der Waals surface area contributed by atoms with E-state index in [-0.39, 0.29) is 12.3 Å². The van der Waals surface area contributed by atoms with Gasteiger partial charge in [-0.3, -0.25) is 9.59 Å². The predicted molar refractivity (Wildman–Crippen MR) is 118 cm³/mol. The molecule has 1 atom stereocenters. The van der Waals surface area contributed by atoms with E-state index in [0.29, 0.717) is 31.0 Å². The van der Waals surface area contributed by atoms with Crippen molar-refractivity contribution in [3.63, 3.8) is 0 Å². The Morgan fingerprint density at radius 2 is 1.55 bits per heavy atom. The second kappa shape index (κ2) is 11.5. The zero-order valence-electron chi connectivity index (χ0n) is 19.2. The van der Waals surface area contributed by atoms with Crippen LogP contribution in [0.25, 0.3) is 0 Å². The standard InChI is InChI=1S/C22H35N3O6/c1-21(2,3)30-19(27)17(23)14-18(26)25-15-8-10-16(11-9-15)29-13-7-12-24-20(28)31-22(4,5)6/h8-11,17H,7,12-14,23H2,1-6H3,(H,24,28)(H,25,26)/t17-/m0/s1. The fourth-order valence-electron chi connectivity index (χ4n) is 2.27. The zero-order chi connectivity index (χ0) is 23.7. The minimum atomic E-state index is -1.03. The van der Waals surface area contributed by atoms with Crippen LogP contribution in [0.2, 0.25) is 0 Å². The average molecular weight is 438 g/mol. The fraction of sp³-hybridized carbons (Fsp3) is 0.591. The molecule has 31 heavy (non-hydrogen) atoms. The Bertz CT molecular complexity index is 735. The Kier molecular flexibility index (Phi) is 9.77. The summed E-state index contributed by atoms with van der Waals surface area (Å²) >= 11 is 0. The topological polar surface area (TPSA) is 129 Å². The van der Waals surface area contributed by atoms with E-state index >= 15 is 0 Å². The lowest BCUT2D eigenvalue weighted by Crippen LogP contribution is -2.39. The van der Waals surface area contributed by atoms with Crippen molar-refractivity contribution in [1.82, 2.24) is 5.32 Å². The molecule has 9 nitrogen and oxygen atoms in total. The van der Waals surface area contributed by atoms with Gasteiger partial charge < -0.3 is 30.6 Å². The average Bonchev–Trinajstić information content (AvgIpc) is 2.59. The van der Waals surface area contributed by atoms with Gasteiger partial charge in [-0.05, 0) is 72.2 Å². The maximum absolute atomic E-state index is 12.1. The first kappa shape index (κ1) is 26.2. The summed E-state index contributed by atoms with van der Waals surface area (Å²) in [4.78, 5) is 35.5. The van der Waals surface area contributed by atoms with Gasteiger partial charge in [-0.1, -0.05) is 0 Å². The number of carbonyl (C=O) groups is 3. The molecule has 2 amide bonds. The number of ether oxygens (including phenoxy) is 3. The van der Waals surface area contributed by atoms with Crippen LogP contribution in [0.15, 0.2) is 24.3 Å². The Morgan fingerprint density at radius 3 is 2.10 bits per heavy atom. The lowest BCUT2D eigenvalue weighted by molar-refractivity contribution is -0.157. The highest BCUT2D eigenvalue weighted by atomic mass is 16.6. The quantitative estimate of drug-likeness (QED) is 0.400. The number of nitrogens with one attached hydrogen (secondary N) is 2. The van der Waals surface area contributed by atoms with E-state index in [1.165, 1.54) is 0 Å². The van der Waals surface area contributed by atoms with E-state index in [4.69, 9.17) is 19.9 Å². The molecule has 1 rings (SSSR count). The van der Waals surface area contributed by atoms with Crippen molar-refractivity contribution in [3.8, 4) is 5.75 Å². The number of rotatable bonds is 9. The molecule has 1 aromatic carbocycles. The van der Waals surface area contributed by atoms with E-state index in [9.17, 15) is 14.4 Å². The summed E-state index contributed by atoms with van der Waals surface area (Å²) in [5.41, 5.74) is 5.11. The van der Waals surface area contributed by atoms with Crippen LogP contribution in [0.4, 0.5) is 10.5 Å². The second-order valence-corrected chi connectivity index (χ2v) is 9.05. The third-order valence-electron chi connectivity index (χ3n) is 3.51. The number of hydrogen-bond acceptors (Lipinski definition) is 7. The highest BCUT2D eigenvalue weighted by Crippen LogP contribution is 2.16. The lowest BCUT2D eigenvalue weighted by atomic mass is 10.1. The Morgan fingerprint density at radius 1 is 0.968 bits per heavy atom. The maximum atomic E-state index is 12.1. The molecule has 0 aliphatic heterocycles. The van der Waals surface area contributed by atoms with Gasteiger partial charge in [0.1, 0.15) is 23.0 Å². The Hall–Kier alpha value is -2.81. The van der Waals surface area contributed by atoms with Gasteiger partial charge in [0.25, 0.3) is 0 Å². The molecule has 0 saturated carbocycles. The van der Waals surface area contributed by atoms with Crippen molar-refractivity contribution in [1.29, 1.82) is 0 Å². The molecule has 0 spiro atoms. The van der Waals surface area contributed by atoms with Gasteiger partial charge in [0.2, 0.25) is 5.91 Å². The Labute approximate surface area is 184 Å². The fourth-order valence-corrected chi connectivity index (χ4v) is 2.27. The van der Waals surface area contributed by atoms with E-state index in [0.717, 1.165) is 0 Å². The van der Waals surface area contributed by atoms with Crippen molar-refractivity contribution in [3.05, 3.63) is 24.3 Å². The molecule has 0 aromatic heterocycles. The molecule has 0 fully saturated rings. The molecule has 0 bridgehead atoms. The van der Waals surface area contributed by atoms with Crippen LogP contribution in [0.1, 0.15) is 54.4 Å². The van der Waals surface area contributed by atoms with E-state index in [1.54, 1.807) is 65.8 Å². The number of benzene rings is 1. The number of amides is 2. The van der Waals surface area contributed by atoms with Crippen molar-refractivity contribution in [2.24, 2.45) is 5.73 Å². The highest BCUT2D eigenvalue weighted by Gasteiger charge is 2.24. The van der Waals surface area contributed by atoms with E-state index in [1.807, 2.05) is 0 Å². The summed E-state index contributed by atoms with van der Waals surface area (Å²) in [5, 5.41) is 5.34. The SMILES string of the molecule is CC(C)(C)OC(=O)NCCCOc1ccc(NC(=O)C[C@H](N)C(=O)OC(C)(C)C)cc1. The van der Waals surface area contributed by atoms with Crippen LogP contribution in [-0.2, 0) is 19.1 Å². The molecule has 0 aliphatic rings. The highest BCUT2D eigenvalue weighted by molar-refractivity contribution is 5.94. The molecule has 0 unspecified atom stereocenters. The number of anilines is 1. The molecular formula is C22H35N3O6. The summed E-state index contributed by atoms with van der Waals surface area (Å²) in [6, 6.07) is 5.77. The smallest absolute Gasteiger partial charge is 0.407 e. The molecule has 0 saturated heterocycles. The van der Waals surface area contributed by atoms with Crippen LogP contribution >= 0.6 is 0 Å². The third-order valence-corrected chi connectivity index (χ3v) is 3.51. The van der Waals surface area contributed by atoms with Gasteiger partial charge >= 0.3 is 12.1 Å².